The van der Waals surface area contributed by atoms with Crippen molar-refractivity contribution in [1.29, 1.82) is 0 Å². The molecule has 0 amide bonds. The molecule has 0 bridgehead atoms. The van der Waals surface area contributed by atoms with Crippen LogP contribution in [0.2, 0.25) is 0 Å². The number of anilines is 1. The van der Waals surface area contributed by atoms with Gasteiger partial charge in [-0.25, -0.2) is 0 Å². The van der Waals surface area contributed by atoms with Crippen LogP contribution in [0.25, 0.3) is 0 Å². The van der Waals surface area contributed by atoms with Crippen LogP contribution in [0.4, 0.5) is 6.01 Å². The summed E-state index contributed by atoms with van der Waals surface area (Å²) in [5.41, 5.74) is 3.00. The zero-order chi connectivity index (χ0) is 13.9. The average molecular weight is 272 g/mol. The Morgan fingerprint density at radius 2 is 2.15 bits per heavy atom. The minimum Gasteiger partial charge on any atom is -0.432 e. The molecule has 5 heteroatoms. The molecule has 3 rings (SSSR count). The van der Waals surface area contributed by atoms with Gasteiger partial charge >= 0.3 is 0 Å². The van der Waals surface area contributed by atoms with Crippen molar-refractivity contribution in [1.82, 2.24) is 15.3 Å². The minimum absolute atomic E-state index is 0.640. The summed E-state index contributed by atoms with van der Waals surface area (Å²) >= 11 is 0. The third kappa shape index (κ3) is 3.36. The highest BCUT2D eigenvalue weighted by Crippen LogP contribution is 2.20. The second kappa shape index (κ2) is 5.63. The number of aryl methyl sites for hydroxylation is 1. The first-order valence-electron chi connectivity index (χ1n) is 7.02. The number of rotatable bonds is 6. The maximum atomic E-state index is 5.53. The third-order valence-corrected chi connectivity index (χ3v) is 3.36. The molecule has 2 heterocycles. The van der Waals surface area contributed by atoms with Gasteiger partial charge in [-0.2, -0.15) is 4.98 Å². The van der Waals surface area contributed by atoms with Gasteiger partial charge in [0.2, 0.25) is 0 Å². The molecule has 1 N–H and O–H groups in total. The van der Waals surface area contributed by atoms with Gasteiger partial charge in [-0.15, -0.1) is 0 Å². The minimum atomic E-state index is 0.640. The van der Waals surface area contributed by atoms with Gasteiger partial charge in [0.25, 0.3) is 6.01 Å². The van der Waals surface area contributed by atoms with Gasteiger partial charge in [-0.05, 0) is 31.9 Å². The van der Waals surface area contributed by atoms with Gasteiger partial charge in [0.05, 0.1) is 17.9 Å². The van der Waals surface area contributed by atoms with Crippen molar-refractivity contribution in [2.45, 2.75) is 38.9 Å². The predicted octanol–water partition coefficient (Wildman–Crippen LogP) is 2.27. The number of nitrogens with one attached hydrogen (secondary N) is 1. The highest BCUT2D eigenvalue weighted by Gasteiger charge is 2.20. The first kappa shape index (κ1) is 13.1. The Balaban J connectivity index is 1.59. The number of hydrogen-bond acceptors (Lipinski definition) is 5. The van der Waals surface area contributed by atoms with E-state index in [2.05, 4.69) is 15.3 Å². The summed E-state index contributed by atoms with van der Waals surface area (Å²) in [5.74, 6) is 0. The van der Waals surface area contributed by atoms with Crippen LogP contribution in [0.3, 0.4) is 0 Å². The van der Waals surface area contributed by atoms with Crippen molar-refractivity contribution in [3.8, 4) is 0 Å². The molecular formula is C15H20N4O. The van der Waals surface area contributed by atoms with Gasteiger partial charge in [0.15, 0.2) is 0 Å². The van der Waals surface area contributed by atoms with Gasteiger partial charge in [-0.3, -0.25) is 4.98 Å². The molecular weight excluding hydrogens is 252 g/mol. The zero-order valence-electron chi connectivity index (χ0n) is 12.0. The molecule has 0 radical (unpaired) electrons. The monoisotopic (exact) mass is 272 g/mol. The highest BCUT2D eigenvalue weighted by atomic mass is 16.4. The van der Waals surface area contributed by atoms with Crippen LogP contribution in [0, 0.1) is 6.92 Å². The van der Waals surface area contributed by atoms with Crippen molar-refractivity contribution in [2.75, 3.05) is 11.9 Å². The summed E-state index contributed by atoms with van der Waals surface area (Å²) < 4.78 is 5.53. The molecule has 1 fully saturated rings. The van der Waals surface area contributed by atoms with Crippen LogP contribution < -0.4 is 10.2 Å². The average Bonchev–Trinajstić information content (AvgIpc) is 3.13. The summed E-state index contributed by atoms with van der Waals surface area (Å²) in [6.45, 7) is 3.47. The topological polar surface area (TPSA) is 54.2 Å². The molecule has 0 spiro atoms. The Kier molecular flexibility index (Phi) is 3.69. The number of hydrogen-bond donors (Lipinski definition) is 1. The van der Waals surface area contributed by atoms with E-state index in [0.29, 0.717) is 18.6 Å². The standard InChI is InChI=1S/C15H20N4O/c1-11-4-3-5-13(17-11)9-19(2)15-18-14(10-20-15)8-16-12-6-7-12/h3-5,10,12,16H,6-9H2,1-2H3. The maximum Gasteiger partial charge on any atom is 0.297 e. The fourth-order valence-electron chi connectivity index (χ4n) is 2.09. The molecule has 0 aromatic carbocycles. The van der Waals surface area contributed by atoms with Crippen molar-refractivity contribution in [3.63, 3.8) is 0 Å². The zero-order valence-corrected chi connectivity index (χ0v) is 12.0. The molecule has 106 valence electrons. The van der Waals surface area contributed by atoms with Crippen LogP contribution in [0.15, 0.2) is 28.9 Å². The van der Waals surface area contributed by atoms with E-state index in [0.717, 1.165) is 23.6 Å². The van der Waals surface area contributed by atoms with Crippen molar-refractivity contribution in [2.24, 2.45) is 0 Å². The first-order valence-corrected chi connectivity index (χ1v) is 7.02. The second-order valence-corrected chi connectivity index (χ2v) is 5.40. The lowest BCUT2D eigenvalue weighted by Gasteiger charge is -2.13. The molecule has 0 aliphatic heterocycles. The number of aromatic nitrogens is 2. The van der Waals surface area contributed by atoms with Crippen LogP contribution in [0.5, 0.6) is 0 Å². The number of nitrogens with zero attached hydrogens (tertiary/aromatic N) is 3. The first-order chi connectivity index (χ1) is 9.70. The summed E-state index contributed by atoms with van der Waals surface area (Å²) in [5, 5.41) is 3.43. The van der Waals surface area contributed by atoms with Crippen LogP contribution in [-0.2, 0) is 13.1 Å². The summed E-state index contributed by atoms with van der Waals surface area (Å²) in [6, 6.07) is 7.36. The van der Waals surface area contributed by atoms with E-state index in [-0.39, 0.29) is 0 Å². The van der Waals surface area contributed by atoms with Crippen molar-refractivity contribution < 1.29 is 4.42 Å². The lowest BCUT2D eigenvalue weighted by atomic mass is 10.3. The molecule has 0 saturated heterocycles. The van der Waals surface area contributed by atoms with Crippen LogP contribution in [0.1, 0.15) is 29.9 Å². The van der Waals surface area contributed by atoms with Gasteiger partial charge in [-0.1, -0.05) is 6.07 Å². The lowest BCUT2D eigenvalue weighted by Crippen LogP contribution is -2.18. The fourth-order valence-corrected chi connectivity index (χ4v) is 2.09. The third-order valence-electron chi connectivity index (χ3n) is 3.36. The molecule has 5 nitrogen and oxygen atoms in total. The predicted molar refractivity (Wildman–Crippen MR) is 77.4 cm³/mol. The normalized spacial score (nSPS) is 14.5. The second-order valence-electron chi connectivity index (χ2n) is 5.40. The van der Waals surface area contributed by atoms with Crippen molar-refractivity contribution in [3.05, 3.63) is 41.5 Å². The van der Waals surface area contributed by atoms with E-state index < -0.39 is 0 Å². The molecule has 0 atom stereocenters. The van der Waals surface area contributed by atoms with Crippen molar-refractivity contribution >= 4 is 6.01 Å². The highest BCUT2D eigenvalue weighted by molar-refractivity contribution is 5.27. The molecule has 1 aliphatic rings. The lowest BCUT2D eigenvalue weighted by molar-refractivity contribution is 0.541. The Hall–Kier alpha value is -1.88. The van der Waals surface area contributed by atoms with E-state index in [4.69, 9.17) is 4.42 Å². The summed E-state index contributed by atoms with van der Waals surface area (Å²) in [6.07, 6.45) is 4.29. The summed E-state index contributed by atoms with van der Waals surface area (Å²) in [4.78, 5) is 11.0. The molecule has 2 aromatic rings. The molecule has 1 aliphatic carbocycles. The van der Waals surface area contributed by atoms with Gasteiger partial charge < -0.3 is 14.6 Å². The fraction of sp³-hybridized carbons (Fsp3) is 0.467. The van der Waals surface area contributed by atoms with E-state index in [1.807, 2.05) is 37.1 Å². The maximum absolute atomic E-state index is 5.53. The van der Waals surface area contributed by atoms with E-state index in [1.165, 1.54) is 12.8 Å². The molecule has 1 saturated carbocycles. The largest absolute Gasteiger partial charge is 0.432 e. The molecule has 20 heavy (non-hydrogen) atoms. The Labute approximate surface area is 119 Å². The van der Waals surface area contributed by atoms with Gasteiger partial charge in [0, 0.05) is 25.3 Å². The summed E-state index contributed by atoms with van der Waals surface area (Å²) in [7, 11) is 1.97. The van der Waals surface area contributed by atoms with Gasteiger partial charge in [0.1, 0.15) is 6.26 Å². The van der Waals surface area contributed by atoms with E-state index >= 15 is 0 Å². The Morgan fingerprint density at radius 1 is 1.30 bits per heavy atom. The van der Waals surface area contributed by atoms with E-state index in [1.54, 1.807) is 6.26 Å². The van der Waals surface area contributed by atoms with Crippen LogP contribution in [-0.4, -0.2) is 23.1 Å². The Bertz CT molecular complexity index is 577. The smallest absolute Gasteiger partial charge is 0.297 e. The SMILES string of the molecule is Cc1cccc(CN(C)c2nc(CNC3CC3)co2)n1. The number of pyridine rings is 1. The molecule has 2 aromatic heterocycles. The van der Waals surface area contributed by atoms with E-state index in [9.17, 15) is 0 Å². The van der Waals surface area contributed by atoms with Crippen LogP contribution >= 0.6 is 0 Å². The molecule has 0 unspecified atom stereocenters. The Morgan fingerprint density at radius 3 is 2.90 bits per heavy atom. The quantitative estimate of drug-likeness (QED) is 0.874. The number of oxazole rings is 1.